The van der Waals surface area contributed by atoms with Crippen molar-refractivity contribution in [3.8, 4) is 11.3 Å². The number of nitrogens with one attached hydrogen (secondary N) is 2. The van der Waals surface area contributed by atoms with E-state index in [0.29, 0.717) is 0 Å². The molecule has 2 atom stereocenters. The molecule has 0 spiro atoms. The average Bonchev–Trinajstić information content (AvgIpc) is 2.89. The number of benzene rings is 1. The monoisotopic (exact) mass is 285 g/mol. The van der Waals surface area contributed by atoms with Crippen LogP contribution in [0.2, 0.25) is 0 Å². The van der Waals surface area contributed by atoms with Gasteiger partial charge in [0, 0.05) is 18.2 Å². The summed E-state index contributed by atoms with van der Waals surface area (Å²) in [6.07, 6.45) is 7.19. The molecule has 0 bridgehead atoms. The van der Waals surface area contributed by atoms with E-state index in [-0.39, 0.29) is 12.1 Å². The highest BCUT2D eigenvalue weighted by molar-refractivity contribution is 5.62. The molecule has 1 heterocycles. The highest BCUT2D eigenvalue weighted by Crippen LogP contribution is 2.22. The van der Waals surface area contributed by atoms with Crippen LogP contribution in [0.1, 0.15) is 37.7 Å². The number of hydrogen-bond donors (Lipinski definition) is 3. The molecule has 0 radical (unpaired) electrons. The summed E-state index contributed by atoms with van der Waals surface area (Å²) in [4.78, 5) is 0. The predicted molar refractivity (Wildman–Crippen MR) is 83.7 cm³/mol. The first-order chi connectivity index (χ1) is 10.3. The number of aliphatic hydroxyl groups excluding tert-OH is 1. The first-order valence-corrected chi connectivity index (χ1v) is 7.83. The summed E-state index contributed by atoms with van der Waals surface area (Å²) in [5.41, 5.74) is 3.36. The highest BCUT2D eigenvalue weighted by Gasteiger charge is 2.21. The Morgan fingerprint density at radius 3 is 2.81 bits per heavy atom. The Kier molecular flexibility index (Phi) is 4.68. The fraction of sp³-hybridized carbons (Fsp3) is 0.471. The van der Waals surface area contributed by atoms with Gasteiger partial charge in [-0.25, -0.2) is 0 Å². The lowest BCUT2D eigenvalue weighted by molar-refractivity contribution is 0.119. The largest absolute Gasteiger partial charge is 0.392 e. The zero-order valence-electron chi connectivity index (χ0n) is 12.3. The summed E-state index contributed by atoms with van der Waals surface area (Å²) >= 11 is 0. The first kappa shape index (κ1) is 14.3. The molecule has 4 nitrogen and oxygen atoms in total. The van der Waals surface area contributed by atoms with Crippen molar-refractivity contribution in [2.24, 2.45) is 0 Å². The van der Waals surface area contributed by atoms with Crippen LogP contribution < -0.4 is 5.32 Å². The molecule has 112 valence electrons. The number of rotatable bonds is 4. The maximum atomic E-state index is 10.2. The van der Waals surface area contributed by atoms with Gasteiger partial charge in [-0.3, -0.25) is 5.10 Å². The SMILES string of the molecule is OC1CCCCCC1NCc1cn[nH]c1-c1ccccc1. The third-order valence-corrected chi connectivity index (χ3v) is 4.31. The summed E-state index contributed by atoms with van der Waals surface area (Å²) < 4.78 is 0. The van der Waals surface area contributed by atoms with E-state index >= 15 is 0 Å². The normalized spacial score (nSPS) is 22.9. The maximum absolute atomic E-state index is 10.2. The molecular formula is C17H23N3O. The Hall–Kier alpha value is -1.65. The van der Waals surface area contributed by atoms with Gasteiger partial charge in [0.25, 0.3) is 0 Å². The van der Waals surface area contributed by atoms with Gasteiger partial charge in [-0.2, -0.15) is 5.10 Å². The lowest BCUT2D eigenvalue weighted by atomic mass is 10.0. The van der Waals surface area contributed by atoms with Crippen LogP contribution in [0.25, 0.3) is 11.3 Å². The highest BCUT2D eigenvalue weighted by atomic mass is 16.3. The Labute approximate surface area is 125 Å². The smallest absolute Gasteiger partial charge is 0.0695 e. The standard InChI is InChI=1S/C17H23N3O/c21-16-10-6-2-5-9-15(16)18-11-14-12-19-20-17(14)13-7-3-1-4-8-13/h1,3-4,7-8,12,15-16,18,21H,2,5-6,9-11H2,(H,19,20). The third-order valence-electron chi connectivity index (χ3n) is 4.31. The topological polar surface area (TPSA) is 60.9 Å². The maximum Gasteiger partial charge on any atom is 0.0695 e. The van der Waals surface area contributed by atoms with E-state index in [4.69, 9.17) is 0 Å². The molecule has 3 N–H and O–H groups in total. The van der Waals surface area contributed by atoms with Crippen LogP contribution in [0.4, 0.5) is 0 Å². The fourth-order valence-corrected chi connectivity index (χ4v) is 3.07. The minimum atomic E-state index is -0.223. The van der Waals surface area contributed by atoms with Crippen molar-refractivity contribution in [2.75, 3.05) is 0 Å². The molecule has 1 fully saturated rings. The van der Waals surface area contributed by atoms with Crippen molar-refractivity contribution in [1.82, 2.24) is 15.5 Å². The van der Waals surface area contributed by atoms with E-state index in [1.54, 1.807) is 0 Å². The molecule has 1 saturated carbocycles. The van der Waals surface area contributed by atoms with Gasteiger partial charge in [0.2, 0.25) is 0 Å². The van der Waals surface area contributed by atoms with Crippen molar-refractivity contribution in [3.05, 3.63) is 42.1 Å². The van der Waals surface area contributed by atoms with Gasteiger partial charge >= 0.3 is 0 Å². The van der Waals surface area contributed by atoms with Crippen LogP contribution in [0.3, 0.4) is 0 Å². The van der Waals surface area contributed by atoms with Crippen LogP contribution in [0, 0.1) is 0 Å². The van der Waals surface area contributed by atoms with Gasteiger partial charge in [-0.1, -0.05) is 49.6 Å². The molecule has 21 heavy (non-hydrogen) atoms. The summed E-state index contributed by atoms with van der Waals surface area (Å²) in [5, 5.41) is 20.9. The molecule has 2 aromatic rings. The van der Waals surface area contributed by atoms with Crippen LogP contribution >= 0.6 is 0 Å². The van der Waals surface area contributed by atoms with Crippen LogP contribution in [-0.2, 0) is 6.54 Å². The van der Waals surface area contributed by atoms with Gasteiger partial charge in [0.05, 0.1) is 18.0 Å². The molecule has 0 saturated heterocycles. The lowest BCUT2D eigenvalue weighted by Gasteiger charge is -2.21. The van der Waals surface area contributed by atoms with Gasteiger partial charge in [-0.05, 0) is 18.4 Å². The van der Waals surface area contributed by atoms with E-state index in [2.05, 4.69) is 27.6 Å². The Bertz CT molecular complexity index is 552. The van der Waals surface area contributed by atoms with Crippen LogP contribution in [0.15, 0.2) is 36.5 Å². The third kappa shape index (κ3) is 3.52. The Balaban J connectivity index is 1.67. The number of nitrogens with zero attached hydrogens (tertiary/aromatic N) is 1. The molecule has 0 aliphatic heterocycles. The van der Waals surface area contributed by atoms with Crippen LogP contribution in [-0.4, -0.2) is 27.4 Å². The van der Waals surface area contributed by atoms with Crippen LogP contribution in [0.5, 0.6) is 0 Å². The molecule has 1 aromatic heterocycles. The molecule has 0 amide bonds. The number of aliphatic hydroxyl groups is 1. The van der Waals surface area contributed by atoms with Gasteiger partial charge < -0.3 is 10.4 Å². The van der Waals surface area contributed by atoms with Gasteiger partial charge in [-0.15, -0.1) is 0 Å². The fourth-order valence-electron chi connectivity index (χ4n) is 3.07. The van der Waals surface area contributed by atoms with E-state index in [1.807, 2.05) is 24.4 Å². The van der Waals surface area contributed by atoms with E-state index < -0.39 is 0 Å². The molecule has 1 aliphatic carbocycles. The summed E-state index contributed by atoms with van der Waals surface area (Å²) in [6, 6.07) is 10.4. The first-order valence-electron chi connectivity index (χ1n) is 7.83. The van der Waals surface area contributed by atoms with Crippen molar-refractivity contribution in [1.29, 1.82) is 0 Å². The second-order valence-corrected chi connectivity index (χ2v) is 5.83. The van der Waals surface area contributed by atoms with E-state index in [9.17, 15) is 5.11 Å². The quantitative estimate of drug-likeness (QED) is 0.757. The number of aromatic amines is 1. The number of H-pyrrole nitrogens is 1. The number of aromatic nitrogens is 2. The molecule has 2 unspecified atom stereocenters. The summed E-state index contributed by atoms with van der Waals surface area (Å²) in [5.74, 6) is 0. The van der Waals surface area contributed by atoms with Crippen molar-refractivity contribution in [3.63, 3.8) is 0 Å². The van der Waals surface area contributed by atoms with Gasteiger partial charge in [0.15, 0.2) is 0 Å². The average molecular weight is 285 g/mol. The molecular weight excluding hydrogens is 262 g/mol. The van der Waals surface area contributed by atoms with E-state index in [1.165, 1.54) is 12.8 Å². The molecule has 3 rings (SSSR count). The summed E-state index contributed by atoms with van der Waals surface area (Å²) in [7, 11) is 0. The molecule has 4 heteroatoms. The minimum Gasteiger partial charge on any atom is -0.392 e. The van der Waals surface area contributed by atoms with Crippen molar-refractivity contribution in [2.45, 2.75) is 50.8 Å². The Morgan fingerprint density at radius 1 is 1.14 bits per heavy atom. The zero-order chi connectivity index (χ0) is 14.5. The second kappa shape index (κ2) is 6.87. The lowest BCUT2D eigenvalue weighted by Crippen LogP contribution is -2.38. The van der Waals surface area contributed by atoms with Crippen molar-refractivity contribution < 1.29 is 5.11 Å². The number of hydrogen-bond acceptors (Lipinski definition) is 3. The molecule has 1 aliphatic rings. The van der Waals surface area contributed by atoms with Crippen molar-refractivity contribution >= 4 is 0 Å². The second-order valence-electron chi connectivity index (χ2n) is 5.83. The zero-order valence-corrected chi connectivity index (χ0v) is 12.3. The van der Waals surface area contributed by atoms with Gasteiger partial charge in [0.1, 0.15) is 0 Å². The molecule has 1 aromatic carbocycles. The predicted octanol–water partition coefficient (Wildman–Crippen LogP) is 2.86. The minimum absolute atomic E-state index is 0.200. The summed E-state index contributed by atoms with van der Waals surface area (Å²) in [6.45, 7) is 0.739. The van der Waals surface area contributed by atoms with E-state index in [0.717, 1.165) is 42.6 Å². The Morgan fingerprint density at radius 2 is 1.95 bits per heavy atom.